The number of hydrogen-bond donors (Lipinski definition) is 1. The standard InChI is InChI=1S/C7H4N4O2/c12-7(13)4-3-9-11-6(4)5-1-2-8-10-5/h1-3H,(H,12,13). The van der Waals surface area contributed by atoms with Crippen molar-refractivity contribution in [3.8, 4) is 0 Å². The van der Waals surface area contributed by atoms with E-state index < -0.39 is 5.97 Å². The lowest BCUT2D eigenvalue weighted by atomic mass is 10.2. The van der Waals surface area contributed by atoms with E-state index in [0.717, 1.165) is 0 Å². The maximum Gasteiger partial charge on any atom is 0.339 e. The molecule has 2 heterocycles. The molecule has 0 spiro atoms. The summed E-state index contributed by atoms with van der Waals surface area (Å²) in [6.07, 6.45) is 4.23. The first-order chi connectivity index (χ1) is 6.29. The summed E-state index contributed by atoms with van der Waals surface area (Å²) in [6, 6.07) is 0. The highest BCUT2D eigenvalue weighted by atomic mass is 16.4. The Bertz CT molecular complexity index is 400. The lowest BCUT2D eigenvalue weighted by molar-refractivity contribution is -0.132. The predicted octanol–water partition coefficient (Wildman–Crippen LogP) is 1.61. The van der Waals surface area contributed by atoms with Crippen LogP contribution in [0.1, 0.15) is 0 Å². The molecular weight excluding hydrogens is 172 g/mol. The fourth-order valence-corrected chi connectivity index (χ4v) is 0.964. The van der Waals surface area contributed by atoms with Crippen LogP contribution in [0.15, 0.2) is 55.9 Å². The normalized spacial score (nSPS) is 24.2. The van der Waals surface area contributed by atoms with Crippen LogP contribution in [0.5, 0.6) is 0 Å². The maximum absolute atomic E-state index is 10.6. The van der Waals surface area contributed by atoms with Crippen molar-refractivity contribution in [3.05, 3.63) is 35.4 Å². The minimum Gasteiger partial charge on any atom is -0.478 e. The fourth-order valence-electron chi connectivity index (χ4n) is 0.964. The predicted molar refractivity (Wildman–Crippen MR) is 41.6 cm³/mol. The fraction of sp³-hybridized carbons (Fsp3) is 0. The molecule has 0 aromatic carbocycles. The largest absolute Gasteiger partial charge is 0.478 e. The molecule has 0 radical (unpaired) electrons. The molecule has 0 bridgehead atoms. The third-order valence-corrected chi connectivity index (χ3v) is 1.54. The van der Waals surface area contributed by atoms with E-state index >= 15 is 0 Å². The molecular formula is C7H4N4O2. The smallest absolute Gasteiger partial charge is 0.339 e. The van der Waals surface area contributed by atoms with Crippen LogP contribution in [0, 0.1) is 0 Å². The Hall–Kier alpha value is -2.11. The summed E-state index contributed by atoms with van der Waals surface area (Å²) in [5, 5.41) is 23.1. The summed E-state index contributed by atoms with van der Waals surface area (Å²) in [6.45, 7) is 0. The quantitative estimate of drug-likeness (QED) is 0.657. The van der Waals surface area contributed by atoms with Gasteiger partial charge in [0, 0.05) is 0 Å². The molecule has 6 nitrogen and oxygen atoms in total. The Kier molecular flexibility index (Phi) is 1.59. The number of aliphatic carboxylic acids is 1. The van der Waals surface area contributed by atoms with Gasteiger partial charge in [0.05, 0.1) is 12.4 Å². The van der Waals surface area contributed by atoms with Gasteiger partial charge in [0.1, 0.15) is 17.0 Å². The molecule has 0 atom stereocenters. The molecule has 1 N–H and O–H groups in total. The number of carboxylic acids is 1. The summed E-state index contributed by atoms with van der Waals surface area (Å²) in [5.74, 6) is -1.07. The van der Waals surface area contributed by atoms with Crippen molar-refractivity contribution in [2.75, 3.05) is 0 Å². The molecule has 0 amide bonds. The van der Waals surface area contributed by atoms with E-state index in [2.05, 4.69) is 20.5 Å². The van der Waals surface area contributed by atoms with Crippen molar-refractivity contribution >= 4 is 5.97 Å². The molecule has 0 aromatic rings. The third kappa shape index (κ3) is 1.18. The number of allylic oxidation sites excluding steroid dienone is 1. The Morgan fingerprint density at radius 1 is 1.31 bits per heavy atom. The number of hydrogen-bond acceptors (Lipinski definition) is 5. The van der Waals surface area contributed by atoms with Gasteiger partial charge < -0.3 is 5.11 Å². The first kappa shape index (κ1) is 7.53. The minimum absolute atomic E-state index is 0.0421. The van der Waals surface area contributed by atoms with Crippen molar-refractivity contribution < 1.29 is 9.90 Å². The van der Waals surface area contributed by atoms with Gasteiger partial charge in [-0.15, -0.1) is 10.2 Å². The van der Waals surface area contributed by atoms with Crippen LogP contribution in [0.25, 0.3) is 0 Å². The Morgan fingerprint density at radius 3 is 2.77 bits per heavy atom. The van der Waals surface area contributed by atoms with Crippen LogP contribution in [-0.4, -0.2) is 11.1 Å². The second-order valence-corrected chi connectivity index (χ2v) is 2.33. The number of nitrogens with zero attached hydrogens (tertiary/aromatic N) is 4. The molecule has 64 valence electrons. The molecule has 2 aliphatic heterocycles. The molecule has 0 aliphatic carbocycles. The Labute approximate surface area is 72.7 Å². The minimum atomic E-state index is -1.07. The van der Waals surface area contributed by atoms with E-state index in [4.69, 9.17) is 5.11 Å². The molecule has 13 heavy (non-hydrogen) atoms. The zero-order valence-corrected chi connectivity index (χ0v) is 6.38. The maximum atomic E-state index is 10.6. The van der Waals surface area contributed by atoms with Gasteiger partial charge in [0.25, 0.3) is 0 Å². The van der Waals surface area contributed by atoms with Gasteiger partial charge in [0.15, 0.2) is 0 Å². The SMILES string of the molecule is O=C(O)C1=CN=NC1=C1C=CN=N1. The van der Waals surface area contributed by atoms with Gasteiger partial charge in [-0.25, -0.2) is 4.79 Å². The summed E-state index contributed by atoms with van der Waals surface area (Å²) in [7, 11) is 0. The van der Waals surface area contributed by atoms with E-state index in [1.807, 2.05) is 0 Å². The van der Waals surface area contributed by atoms with Crippen LogP contribution < -0.4 is 0 Å². The molecule has 0 aromatic heterocycles. The van der Waals surface area contributed by atoms with Gasteiger partial charge in [-0.1, -0.05) is 0 Å². The lowest BCUT2D eigenvalue weighted by Crippen LogP contribution is -2.00. The van der Waals surface area contributed by atoms with E-state index in [1.54, 1.807) is 6.08 Å². The molecule has 0 fully saturated rings. The first-order valence-electron chi connectivity index (χ1n) is 3.45. The molecule has 6 heteroatoms. The van der Waals surface area contributed by atoms with Crippen molar-refractivity contribution in [1.82, 2.24) is 0 Å². The first-order valence-corrected chi connectivity index (χ1v) is 3.45. The zero-order chi connectivity index (χ0) is 9.26. The zero-order valence-electron chi connectivity index (χ0n) is 6.38. The molecule has 2 aliphatic rings. The second kappa shape index (κ2) is 2.74. The average Bonchev–Trinajstić information content (AvgIpc) is 2.74. The number of carboxylic acid groups (broad SMARTS) is 1. The summed E-state index contributed by atoms with van der Waals surface area (Å²) < 4.78 is 0. The highest BCUT2D eigenvalue weighted by Crippen LogP contribution is 2.26. The summed E-state index contributed by atoms with van der Waals surface area (Å²) in [4.78, 5) is 10.6. The van der Waals surface area contributed by atoms with Crippen molar-refractivity contribution in [2.24, 2.45) is 20.5 Å². The van der Waals surface area contributed by atoms with Crippen LogP contribution >= 0.6 is 0 Å². The lowest BCUT2D eigenvalue weighted by Gasteiger charge is -1.95. The van der Waals surface area contributed by atoms with E-state index in [-0.39, 0.29) is 11.3 Å². The number of rotatable bonds is 1. The molecule has 0 saturated carbocycles. The Balaban J connectivity index is 2.46. The monoisotopic (exact) mass is 176 g/mol. The van der Waals surface area contributed by atoms with E-state index in [0.29, 0.717) is 5.70 Å². The van der Waals surface area contributed by atoms with Gasteiger partial charge in [0.2, 0.25) is 0 Å². The summed E-state index contributed by atoms with van der Waals surface area (Å²) in [5.41, 5.74) is 0.723. The second-order valence-electron chi connectivity index (χ2n) is 2.33. The van der Waals surface area contributed by atoms with E-state index in [9.17, 15) is 4.79 Å². The van der Waals surface area contributed by atoms with Gasteiger partial charge in [-0.3, -0.25) is 0 Å². The van der Waals surface area contributed by atoms with Gasteiger partial charge in [-0.2, -0.15) is 10.2 Å². The van der Waals surface area contributed by atoms with Crippen molar-refractivity contribution in [2.45, 2.75) is 0 Å². The highest BCUT2D eigenvalue weighted by Gasteiger charge is 2.21. The van der Waals surface area contributed by atoms with Crippen molar-refractivity contribution in [3.63, 3.8) is 0 Å². The van der Waals surface area contributed by atoms with Crippen LogP contribution in [0.3, 0.4) is 0 Å². The van der Waals surface area contributed by atoms with Gasteiger partial charge in [-0.05, 0) is 6.08 Å². The van der Waals surface area contributed by atoms with E-state index in [1.165, 1.54) is 12.4 Å². The van der Waals surface area contributed by atoms with Crippen LogP contribution in [0.4, 0.5) is 0 Å². The molecule has 0 saturated heterocycles. The third-order valence-electron chi connectivity index (χ3n) is 1.54. The van der Waals surface area contributed by atoms with Gasteiger partial charge >= 0.3 is 5.97 Å². The number of azo groups is 2. The topological polar surface area (TPSA) is 86.7 Å². The number of carbonyl (C=O) groups is 1. The Morgan fingerprint density at radius 2 is 2.15 bits per heavy atom. The summed E-state index contributed by atoms with van der Waals surface area (Å²) >= 11 is 0. The average molecular weight is 176 g/mol. The molecule has 0 unspecified atom stereocenters. The van der Waals surface area contributed by atoms with Crippen LogP contribution in [-0.2, 0) is 4.79 Å². The van der Waals surface area contributed by atoms with Crippen molar-refractivity contribution in [1.29, 1.82) is 0 Å². The highest BCUT2D eigenvalue weighted by molar-refractivity contribution is 5.92. The molecule has 2 rings (SSSR count). The van der Waals surface area contributed by atoms with Crippen LogP contribution in [0.2, 0.25) is 0 Å².